The molecule has 1 aromatic heterocycles. The van der Waals surface area contributed by atoms with Gasteiger partial charge in [0.2, 0.25) is 15.9 Å². The van der Waals surface area contributed by atoms with Crippen molar-refractivity contribution in [3.63, 3.8) is 0 Å². The SMILES string of the molecule is CC1(C(=O)NS(=O)(=O)c2ccccc2S(N)(=O)=O)CCC(c2cc3ccccc3o2)CC1. The van der Waals surface area contributed by atoms with Crippen LogP contribution in [0.3, 0.4) is 0 Å². The van der Waals surface area contributed by atoms with E-state index < -0.39 is 41.2 Å². The van der Waals surface area contributed by atoms with Crippen molar-refractivity contribution in [2.24, 2.45) is 10.6 Å². The van der Waals surface area contributed by atoms with Gasteiger partial charge in [0.15, 0.2) is 0 Å². The third kappa shape index (κ3) is 4.30. The lowest BCUT2D eigenvalue weighted by Crippen LogP contribution is -2.44. The summed E-state index contributed by atoms with van der Waals surface area (Å²) in [5.41, 5.74) is -0.0975. The zero-order valence-electron chi connectivity index (χ0n) is 17.4. The number of hydrogen-bond acceptors (Lipinski definition) is 6. The molecular formula is C22H24N2O6S2. The van der Waals surface area contributed by atoms with Gasteiger partial charge in [-0.15, -0.1) is 0 Å². The number of carbonyl (C=O) groups excluding carboxylic acids is 1. The van der Waals surface area contributed by atoms with Crippen molar-refractivity contribution in [1.29, 1.82) is 0 Å². The van der Waals surface area contributed by atoms with E-state index in [1.165, 1.54) is 12.1 Å². The van der Waals surface area contributed by atoms with Crippen molar-refractivity contribution in [2.45, 2.75) is 48.3 Å². The largest absolute Gasteiger partial charge is 0.461 e. The van der Waals surface area contributed by atoms with Crippen LogP contribution in [-0.2, 0) is 24.8 Å². The van der Waals surface area contributed by atoms with Crippen molar-refractivity contribution < 1.29 is 26.0 Å². The first kappa shape index (κ1) is 22.5. The van der Waals surface area contributed by atoms with E-state index in [2.05, 4.69) is 4.72 Å². The van der Waals surface area contributed by atoms with Crippen LogP contribution in [0.2, 0.25) is 0 Å². The van der Waals surface area contributed by atoms with Crippen LogP contribution in [0.1, 0.15) is 44.3 Å². The highest BCUT2D eigenvalue weighted by atomic mass is 32.2. The van der Waals surface area contributed by atoms with E-state index in [-0.39, 0.29) is 5.92 Å². The number of rotatable bonds is 5. The Morgan fingerprint density at radius 3 is 2.22 bits per heavy atom. The van der Waals surface area contributed by atoms with Gasteiger partial charge in [0, 0.05) is 16.7 Å². The van der Waals surface area contributed by atoms with Crippen molar-refractivity contribution >= 4 is 36.9 Å². The minimum atomic E-state index is -4.42. The number of nitrogens with one attached hydrogen (secondary N) is 1. The molecule has 1 amide bonds. The molecule has 32 heavy (non-hydrogen) atoms. The number of hydrogen-bond donors (Lipinski definition) is 2. The van der Waals surface area contributed by atoms with E-state index in [1.807, 2.05) is 30.3 Å². The van der Waals surface area contributed by atoms with Crippen molar-refractivity contribution in [2.75, 3.05) is 0 Å². The van der Waals surface area contributed by atoms with Gasteiger partial charge in [0.05, 0.1) is 0 Å². The smallest absolute Gasteiger partial charge is 0.265 e. The molecule has 1 heterocycles. The monoisotopic (exact) mass is 476 g/mol. The molecule has 8 nitrogen and oxygen atoms in total. The number of benzene rings is 2. The Balaban J connectivity index is 1.50. The molecule has 10 heteroatoms. The van der Waals surface area contributed by atoms with Gasteiger partial charge < -0.3 is 4.42 Å². The van der Waals surface area contributed by atoms with Crippen molar-refractivity contribution in [3.05, 3.63) is 60.4 Å². The lowest BCUT2D eigenvalue weighted by molar-refractivity contribution is -0.130. The maximum atomic E-state index is 13.0. The number of fused-ring (bicyclic) bond motifs is 1. The Morgan fingerprint density at radius 2 is 1.59 bits per heavy atom. The van der Waals surface area contributed by atoms with Crippen LogP contribution >= 0.6 is 0 Å². The number of amides is 1. The first-order valence-corrected chi connectivity index (χ1v) is 13.2. The average molecular weight is 477 g/mol. The highest BCUT2D eigenvalue weighted by Crippen LogP contribution is 2.44. The molecule has 3 N–H and O–H groups in total. The van der Waals surface area contributed by atoms with E-state index >= 15 is 0 Å². The number of carbonyl (C=O) groups is 1. The Kier molecular flexibility index (Phi) is 5.64. The Morgan fingerprint density at radius 1 is 1.00 bits per heavy atom. The lowest BCUT2D eigenvalue weighted by Gasteiger charge is -2.35. The van der Waals surface area contributed by atoms with E-state index in [1.54, 1.807) is 6.92 Å². The Hall–Kier alpha value is -2.69. The molecule has 0 unspecified atom stereocenters. The van der Waals surface area contributed by atoms with Gasteiger partial charge in [-0.05, 0) is 49.9 Å². The van der Waals surface area contributed by atoms with Gasteiger partial charge in [-0.1, -0.05) is 37.3 Å². The minimum Gasteiger partial charge on any atom is -0.461 e. The summed E-state index contributed by atoms with van der Waals surface area (Å²) in [6.07, 6.45) is 2.26. The molecule has 0 bridgehead atoms. The molecule has 0 radical (unpaired) electrons. The molecule has 1 aliphatic carbocycles. The first-order valence-electron chi connectivity index (χ1n) is 10.2. The zero-order valence-corrected chi connectivity index (χ0v) is 19.1. The molecule has 2 aromatic carbocycles. The Labute approximate surface area is 186 Å². The highest BCUT2D eigenvalue weighted by molar-refractivity contribution is 7.92. The number of sulfonamides is 2. The maximum Gasteiger partial charge on any atom is 0.265 e. The molecule has 0 saturated heterocycles. The van der Waals surface area contributed by atoms with Gasteiger partial charge in [0.25, 0.3) is 10.0 Å². The standard InChI is InChI=1S/C22H24N2O6S2/c1-22(12-10-15(11-13-22)18-14-16-6-2-3-7-17(16)30-18)21(25)24-32(28,29)20-9-5-4-8-19(20)31(23,26)27/h2-9,14-15H,10-13H2,1H3,(H,24,25)(H2,23,26,27). The predicted molar refractivity (Wildman–Crippen MR) is 119 cm³/mol. The molecule has 0 aliphatic heterocycles. The predicted octanol–water partition coefficient (Wildman–Crippen LogP) is 3.25. The van der Waals surface area contributed by atoms with E-state index in [0.29, 0.717) is 25.7 Å². The second-order valence-electron chi connectivity index (χ2n) is 8.45. The summed E-state index contributed by atoms with van der Waals surface area (Å²) in [6, 6.07) is 14.7. The summed E-state index contributed by atoms with van der Waals surface area (Å²) in [5.74, 6) is 0.344. The lowest BCUT2D eigenvalue weighted by atomic mass is 9.71. The topological polar surface area (TPSA) is 137 Å². The minimum absolute atomic E-state index is 0.142. The molecule has 3 aromatic rings. The van der Waals surface area contributed by atoms with Crippen LogP contribution in [0.4, 0.5) is 0 Å². The van der Waals surface area contributed by atoms with Gasteiger partial charge in [-0.25, -0.2) is 26.7 Å². The summed E-state index contributed by atoms with van der Waals surface area (Å²) in [6.45, 7) is 1.72. The molecule has 4 rings (SSSR count). The zero-order chi connectivity index (χ0) is 23.1. The fraction of sp³-hybridized carbons (Fsp3) is 0.318. The summed E-state index contributed by atoms with van der Waals surface area (Å²) in [7, 11) is -8.70. The summed E-state index contributed by atoms with van der Waals surface area (Å²) in [4.78, 5) is 11.9. The average Bonchev–Trinajstić information content (AvgIpc) is 3.17. The summed E-state index contributed by atoms with van der Waals surface area (Å²) < 4.78 is 57.2. The highest BCUT2D eigenvalue weighted by Gasteiger charge is 2.41. The van der Waals surface area contributed by atoms with Crippen LogP contribution in [-0.4, -0.2) is 22.7 Å². The van der Waals surface area contributed by atoms with Crippen LogP contribution in [0.5, 0.6) is 0 Å². The van der Waals surface area contributed by atoms with Crippen LogP contribution in [0, 0.1) is 5.41 Å². The number of primary sulfonamides is 1. The van der Waals surface area contributed by atoms with Gasteiger partial charge in [0.1, 0.15) is 21.1 Å². The second kappa shape index (κ2) is 8.02. The second-order valence-corrected chi connectivity index (χ2v) is 11.6. The van der Waals surface area contributed by atoms with Gasteiger partial charge >= 0.3 is 0 Å². The first-order chi connectivity index (χ1) is 15.0. The molecule has 1 aliphatic rings. The Bertz CT molecular complexity index is 1350. The quantitative estimate of drug-likeness (QED) is 0.580. The van der Waals surface area contributed by atoms with Crippen LogP contribution in [0.25, 0.3) is 11.0 Å². The molecule has 170 valence electrons. The fourth-order valence-corrected chi connectivity index (χ4v) is 6.66. The van der Waals surface area contributed by atoms with Crippen LogP contribution in [0.15, 0.2) is 68.8 Å². The molecule has 1 saturated carbocycles. The van der Waals surface area contributed by atoms with E-state index in [0.717, 1.165) is 28.9 Å². The summed E-state index contributed by atoms with van der Waals surface area (Å²) in [5, 5.41) is 6.16. The normalized spacial score (nSPS) is 22.0. The molecule has 0 spiro atoms. The third-order valence-electron chi connectivity index (χ3n) is 6.16. The van der Waals surface area contributed by atoms with Gasteiger partial charge in [-0.3, -0.25) is 4.79 Å². The summed E-state index contributed by atoms with van der Waals surface area (Å²) >= 11 is 0. The number of para-hydroxylation sites is 1. The van der Waals surface area contributed by atoms with Crippen molar-refractivity contribution in [1.82, 2.24) is 4.72 Å². The van der Waals surface area contributed by atoms with Crippen molar-refractivity contribution in [3.8, 4) is 0 Å². The van der Waals surface area contributed by atoms with E-state index in [4.69, 9.17) is 9.56 Å². The third-order valence-corrected chi connectivity index (χ3v) is 8.64. The van der Waals surface area contributed by atoms with Crippen LogP contribution < -0.4 is 9.86 Å². The van der Waals surface area contributed by atoms with Gasteiger partial charge in [-0.2, -0.15) is 0 Å². The number of nitrogens with two attached hydrogens (primary N) is 1. The molecule has 1 fully saturated rings. The number of furan rings is 1. The maximum absolute atomic E-state index is 13.0. The molecular weight excluding hydrogens is 452 g/mol. The fourth-order valence-electron chi connectivity index (χ4n) is 4.18. The van der Waals surface area contributed by atoms with E-state index in [9.17, 15) is 21.6 Å². The molecule has 0 atom stereocenters.